The Morgan fingerprint density at radius 1 is 1.10 bits per heavy atom. The number of amides is 1. The summed E-state index contributed by atoms with van der Waals surface area (Å²) in [6.07, 6.45) is 4.90. The van der Waals surface area contributed by atoms with Gasteiger partial charge in [0.15, 0.2) is 0 Å². The number of aryl methyl sites for hydroxylation is 1. The number of rotatable bonds is 6. The van der Waals surface area contributed by atoms with Crippen molar-refractivity contribution in [3.63, 3.8) is 0 Å². The zero-order valence-electron chi connectivity index (χ0n) is 22.5. The van der Waals surface area contributed by atoms with Gasteiger partial charge < -0.3 is 14.4 Å². The molecule has 1 aliphatic carbocycles. The van der Waals surface area contributed by atoms with E-state index in [9.17, 15) is 9.59 Å². The van der Waals surface area contributed by atoms with E-state index in [0.717, 1.165) is 41.6 Å². The molecule has 1 amide bonds. The molecule has 206 valence electrons. The Labute approximate surface area is 239 Å². The van der Waals surface area contributed by atoms with Crippen LogP contribution in [0.15, 0.2) is 48.7 Å². The molecule has 7 nitrogen and oxygen atoms in total. The number of halogens is 2. The van der Waals surface area contributed by atoms with Crippen molar-refractivity contribution in [3.8, 4) is 5.75 Å². The average molecular weight is 571 g/mol. The number of ether oxygens (including phenoxy) is 2. The van der Waals surface area contributed by atoms with Crippen molar-refractivity contribution in [1.29, 1.82) is 0 Å². The SMILES string of the molecule is CC(C)(C)OC(=O)n1cc2c(n1)CCC[C@H]2N1CCC(Cc2c(Cl)cc(OCc3ccccc3)cc2Cl)C1=O. The lowest BCUT2D eigenvalue weighted by Gasteiger charge is -2.31. The first-order valence-corrected chi connectivity index (χ1v) is 14.1. The van der Waals surface area contributed by atoms with E-state index in [0.29, 0.717) is 41.8 Å². The molecule has 0 saturated carbocycles. The van der Waals surface area contributed by atoms with E-state index in [1.807, 2.05) is 56.0 Å². The summed E-state index contributed by atoms with van der Waals surface area (Å²) >= 11 is 13.3. The molecule has 2 heterocycles. The molecule has 0 radical (unpaired) electrons. The summed E-state index contributed by atoms with van der Waals surface area (Å²) in [4.78, 5) is 28.1. The van der Waals surface area contributed by atoms with Crippen LogP contribution < -0.4 is 4.74 Å². The first-order valence-electron chi connectivity index (χ1n) is 13.4. The average Bonchev–Trinajstić information content (AvgIpc) is 3.48. The zero-order chi connectivity index (χ0) is 27.7. The van der Waals surface area contributed by atoms with E-state index in [1.54, 1.807) is 18.3 Å². The van der Waals surface area contributed by atoms with Gasteiger partial charge in [0, 0.05) is 34.3 Å². The maximum absolute atomic E-state index is 13.6. The van der Waals surface area contributed by atoms with Gasteiger partial charge >= 0.3 is 6.09 Å². The fraction of sp³-hybridized carbons (Fsp3) is 0.433. The van der Waals surface area contributed by atoms with Gasteiger partial charge in [-0.1, -0.05) is 53.5 Å². The Morgan fingerprint density at radius 3 is 2.51 bits per heavy atom. The smallest absolute Gasteiger partial charge is 0.435 e. The van der Waals surface area contributed by atoms with Crippen molar-refractivity contribution in [2.75, 3.05) is 6.54 Å². The Hall–Kier alpha value is -3.03. The number of aromatic nitrogens is 2. The van der Waals surface area contributed by atoms with Crippen LogP contribution in [-0.4, -0.2) is 38.8 Å². The minimum Gasteiger partial charge on any atom is -0.489 e. The minimum atomic E-state index is -0.615. The topological polar surface area (TPSA) is 73.7 Å². The molecule has 0 spiro atoms. The van der Waals surface area contributed by atoms with Crippen LogP contribution in [0.2, 0.25) is 10.0 Å². The van der Waals surface area contributed by atoms with Gasteiger partial charge in [0.25, 0.3) is 0 Å². The summed E-state index contributed by atoms with van der Waals surface area (Å²) in [5, 5.41) is 5.48. The highest BCUT2D eigenvalue weighted by Gasteiger charge is 2.39. The summed E-state index contributed by atoms with van der Waals surface area (Å²) in [5.74, 6) is 0.450. The molecule has 5 rings (SSSR count). The van der Waals surface area contributed by atoms with Crippen LogP contribution >= 0.6 is 23.2 Å². The van der Waals surface area contributed by atoms with Crippen molar-refractivity contribution < 1.29 is 19.1 Å². The fourth-order valence-electron chi connectivity index (χ4n) is 5.35. The summed E-state index contributed by atoms with van der Waals surface area (Å²) in [5.41, 5.74) is 2.97. The molecule has 2 aliphatic rings. The van der Waals surface area contributed by atoms with E-state index >= 15 is 0 Å². The Kier molecular flexibility index (Phi) is 7.92. The van der Waals surface area contributed by atoms with Crippen molar-refractivity contribution in [3.05, 3.63) is 81.1 Å². The third-order valence-corrected chi connectivity index (χ3v) is 7.87. The first-order chi connectivity index (χ1) is 18.6. The number of nitrogens with zero attached hydrogens (tertiary/aromatic N) is 3. The van der Waals surface area contributed by atoms with E-state index in [4.69, 9.17) is 32.7 Å². The molecule has 2 atom stereocenters. The minimum absolute atomic E-state index is 0.0782. The Balaban J connectivity index is 1.27. The number of likely N-dealkylation sites (tertiary alicyclic amines) is 1. The quantitative estimate of drug-likeness (QED) is 0.319. The van der Waals surface area contributed by atoms with Crippen LogP contribution in [0, 0.1) is 5.92 Å². The van der Waals surface area contributed by atoms with Crippen molar-refractivity contribution >= 4 is 35.2 Å². The number of carbonyl (C=O) groups excluding carboxylic acids is 2. The number of fused-ring (bicyclic) bond motifs is 1. The lowest BCUT2D eigenvalue weighted by Crippen LogP contribution is -2.34. The Bertz CT molecular complexity index is 1340. The predicted molar refractivity (Wildman–Crippen MR) is 150 cm³/mol. The van der Waals surface area contributed by atoms with Crippen LogP contribution in [0.5, 0.6) is 5.75 Å². The third kappa shape index (κ3) is 6.25. The second-order valence-corrected chi connectivity index (χ2v) is 12.0. The van der Waals surface area contributed by atoms with E-state index in [2.05, 4.69) is 5.10 Å². The molecule has 1 fully saturated rings. The molecule has 9 heteroatoms. The van der Waals surface area contributed by atoms with Crippen LogP contribution in [-0.2, 0) is 29.0 Å². The van der Waals surface area contributed by atoms with Crippen LogP contribution in [0.1, 0.15) is 68.5 Å². The third-order valence-electron chi connectivity index (χ3n) is 7.19. The number of carbonyl (C=O) groups is 2. The second kappa shape index (κ2) is 11.2. The normalized spacial score (nSPS) is 19.2. The lowest BCUT2D eigenvalue weighted by molar-refractivity contribution is -0.133. The van der Waals surface area contributed by atoms with Gasteiger partial charge in [0.2, 0.25) is 5.91 Å². The highest BCUT2D eigenvalue weighted by atomic mass is 35.5. The maximum Gasteiger partial charge on any atom is 0.435 e. The van der Waals surface area contributed by atoms with Gasteiger partial charge in [-0.3, -0.25) is 4.79 Å². The molecule has 1 unspecified atom stereocenters. The summed E-state index contributed by atoms with van der Waals surface area (Å²) in [6, 6.07) is 13.3. The molecule has 1 saturated heterocycles. The van der Waals surface area contributed by atoms with E-state index < -0.39 is 11.7 Å². The van der Waals surface area contributed by atoms with E-state index in [1.165, 1.54) is 4.68 Å². The maximum atomic E-state index is 13.6. The number of hydrogen-bond acceptors (Lipinski definition) is 5. The molecular formula is C30H33Cl2N3O4. The molecule has 1 aromatic heterocycles. The van der Waals surface area contributed by atoms with Gasteiger partial charge in [-0.05, 0) is 76.1 Å². The first kappa shape index (κ1) is 27.5. The van der Waals surface area contributed by atoms with Gasteiger partial charge in [-0.15, -0.1) is 0 Å². The van der Waals surface area contributed by atoms with Gasteiger partial charge in [-0.25, -0.2) is 4.79 Å². The zero-order valence-corrected chi connectivity index (χ0v) is 24.0. The number of benzene rings is 2. The van der Waals surface area contributed by atoms with Gasteiger partial charge in [0.05, 0.1) is 11.7 Å². The molecular weight excluding hydrogens is 537 g/mol. The highest BCUT2D eigenvalue weighted by molar-refractivity contribution is 6.36. The standard InChI is InChI=1S/C30H33Cl2N3O4/c1-30(2,3)39-29(37)35-17-23-26(33-35)10-7-11-27(23)34-13-12-20(28(34)36)14-22-24(31)15-21(16-25(22)32)38-18-19-8-5-4-6-9-19/h4-6,8-9,15-17,20,27H,7,10-14,18H2,1-3H3/t20?,27-/m1/s1. The van der Waals surface area contributed by atoms with Gasteiger partial charge in [0.1, 0.15) is 18.0 Å². The largest absolute Gasteiger partial charge is 0.489 e. The van der Waals surface area contributed by atoms with Crippen LogP contribution in [0.25, 0.3) is 0 Å². The summed E-state index contributed by atoms with van der Waals surface area (Å²) in [6.45, 7) is 6.52. The van der Waals surface area contributed by atoms with Crippen molar-refractivity contribution in [2.45, 2.75) is 71.1 Å². The number of hydrogen-bond donors (Lipinski definition) is 0. The van der Waals surface area contributed by atoms with Crippen LogP contribution in [0.3, 0.4) is 0 Å². The highest BCUT2D eigenvalue weighted by Crippen LogP contribution is 2.40. The predicted octanol–water partition coefficient (Wildman–Crippen LogP) is 7.02. The van der Waals surface area contributed by atoms with Crippen LogP contribution in [0.4, 0.5) is 4.79 Å². The molecule has 0 bridgehead atoms. The molecule has 39 heavy (non-hydrogen) atoms. The molecule has 1 aliphatic heterocycles. The monoisotopic (exact) mass is 569 g/mol. The van der Waals surface area contributed by atoms with Crippen molar-refractivity contribution in [2.24, 2.45) is 5.92 Å². The molecule has 0 N–H and O–H groups in total. The van der Waals surface area contributed by atoms with E-state index in [-0.39, 0.29) is 17.9 Å². The fourth-order valence-corrected chi connectivity index (χ4v) is 5.97. The second-order valence-electron chi connectivity index (χ2n) is 11.2. The summed E-state index contributed by atoms with van der Waals surface area (Å²) < 4.78 is 12.6. The van der Waals surface area contributed by atoms with Gasteiger partial charge in [-0.2, -0.15) is 9.78 Å². The molecule has 2 aromatic carbocycles. The molecule has 3 aromatic rings. The van der Waals surface area contributed by atoms with Crippen molar-refractivity contribution in [1.82, 2.24) is 14.7 Å². The summed E-state index contributed by atoms with van der Waals surface area (Å²) in [7, 11) is 0. The lowest BCUT2D eigenvalue weighted by atomic mass is 9.92. The Morgan fingerprint density at radius 2 is 1.82 bits per heavy atom.